The van der Waals surface area contributed by atoms with Gasteiger partial charge >= 0.3 is 0 Å². The van der Waals surface area contributed by atoms with E-state index in [9.17, 15) is 0 Å². The average molecular weight is 194 g/mol. The van der Waals surface area contributed by atoms with E-state index >= 15 is 0 Å². The lowest BCUT2D eigenvalue weighted by Gasteiger charge is -2.03. The number of aliphatic hydroxyl groups is 1. The van der Waals surface area contributed by atoms with Crippen molar-refractivity contribution < 1.29 is 5.11 Å². The van der Waals surface area contributed by atoms with E-state index in [2.05, 4.69) is 5.32 Å². The first-order valence-corrected chi connectivity index (χ1v) is 4.99. The maximum Gasteiger partial charge on any atom is 0.0443 e. The van der Waals surface area contributed by atoms with Crippen molar-refractivity contribution >= 4 is 5.69 Å². The summed E-state index contributed by atoms with van der Waals surface area (Å²) in [4.78, 5) is 0. The monoisotopic (exact) mass is 194 g/mol. The molecule has 0 aliphatic rings. The Morgan fingerprint density at radius 1 is 1.14 bits per heavy atom. The van der Waals surface area contributed by atoms with Gasteiger partial charge in [-0.05, 0) is 43.6 Å². The standard InChI is InChI=1S/C11H18N2O/c12-11-4-2-10(3-5-11)6-8-13-7-1-9-14/h2-5,13-14H,1,6-9,12H2. The molecule has 0 aromatic heterocycles. The van der Waals surface area contributed by atoms with Crippen molar-refractivity contribution in [3.05, 3.63) is 29.8 Å². The Morgan fingerprint density at radius 2 is 1.86 bits per heavy atom. The quantitative estimate of drug-likeness (QED) is 0.463. The van der Waals surface area contributed by atoms with E-state index in [0.29, 0.717) is 0 Å². The number of benzene rings is 1. The molecule has 0 aliphatic carbocycles. The maximum atomic E-state index is 8.56. The van der Waals surface area contributed by atoms with Crippen molar-refractivity contribution in [3.63, 3.8) is 0 Å². The SMILES string of the molecule is Nc1ccc(CCNCCCO)cc1. The lowest BCUT2D eigenvalue weighted by Crippen LogP contribution is -2.19. The fourth-order valence-corrected chi connectivity index (χ4v) is 1.25. The number of nitrogens with one attached hydrogen (secondary N) is 1. The summed E-state index contributed by atoms with van der Waals surface area (Å²) < 4.78 is 0. The second-order valence-electron chi connectivity index (χ2n) is 3.32. The number of nitrogens with two attached hydrogens (primary N) is 1. The molecule has 0 aliphatic heterocycles. The van der Waals surface area contributed by atoms with Crippen LogP contribution in [0.3, 0.4) is 0 Å². The Bertz CT molecular complexity index is 246. The highest BCUT2D eigenvalue weighted by Crippen LogP contribution is 2.05. The molecular formula is C11H18N2O. The van der Waals surface area contributed by atoms with Crippen LogP contribution in [0.5, 0.6) is 0 Å². The van der Waals surface area contributed by atoms with E-state index in [4.69, 9.17) is 10.8 Å². The van der Waals surface area contributed by atoms with E-state index in [-0.39, 0.29) is 6.61 Å². The molecule has 0 spiro atoms. The van der Waals surface area contributed by atoms with Gasteiger partial charge in [-0.15, -0.1) is 0 Å². The first-order chi connectivity index (χ1) is 6.83. The van der Waals surface area contributed by atoms with E-state index in [1.165, 1.54) is 5.56 Å². The second-order valence-corrected chi connectivity index (χ2v) is 3.32. The highest BCUT2D eigenvalue weighted by Gasteiger charge is 1.92. The van der Waals surface area contributed by atoms with Gasteiger partial charge in [-0.1, -0.05) is 12.1 Å². The van der Waals surface area contributed by atoms with Gasteiger partial charge in [0.05, 0.1) is 0 Å². The van der Waals surface area contributed by atoms with Crippen LogP contribution in [-0.4, -0.2) is 24.8 Å². The highest BCUT2D eigenvalue weighted by molar-refractivity contribution is 5.39. The van der Waals surface area contributed by atoms with Gasteiger partial charge in [-0.2, -0.15) is 0 Å². The summed E-state index contributed by atoms with van der Waals surface area (Å²) in [6.45, 7) is 2.09. The summed E-state index contributed by atoms with van der Waals surface area (Å²) >= 11 is 0. The number of hydrogen-bond donors (Lipinski definition) is 3. The topological polar surface area (TPSA) is 58.3 Å². The molecule has 1 aromatic carbocycles. The molecule has 14 heavy (non-hydrogen) atoms. The molecular weight excluding hydrogens is 176 g/mol. The zero-order chi connectivity index (χ0) is 10.2. The Morgan fingerprint density at radius 3 is 2.50 bits per heavy atom. The van der Waals surface area contributed by atoms with E-state index in [1.807, 2.05) is 24.3 Å². The van der Waals surface area contributed by atoms with Crippen LogP contribution in [0.2, 0.25) is 0 Å². The minimum absolute atomic E-state index is 0.259. The van der Waals surface area contributed by atoms with Crippen LogP contribution in [0, 0.1) is 0 Å². The van der Waals surface area contributed by atoms with Crippen LogP contribution in [0.25, 0.3) is 0 Å². The van der Waals surface area contributed by atoms with Gasteiger partial charge in [0, 0.05) is 12.3 Å². The molecule has 78 valence electrons. The number of hydrogen-bond acceptors (Lipinski definition) is 3. The maximum absolute atomic E-state index is 8.56. The molecule has 1 rings (SSSR count). The summed E-state index contributed by atoms with van der Waals surface area (Å²) in [6, 6.07) is 7.93. The first-order valence-electron chi connectivity index (χ1n) is 4.99. The van der Waals surface area contributed by atoms with Gasteiger partial charge < -0.3 is 16.2 Å². The Hall–Kier alpha value is -1.06. The van der Waals surface area contributed by atoms with Gasteiger partial charge in [0.1, 0.15) is 0 Å². The molecule has 0 saturated carbocycles. The summed E-state index contributed by atoms with van der Waals surface area (Å²) in [5.41, 5.74) is 7.67. The average Bonchev–Trinajstić information content (AvgIpc) is 2.21. The predicted octanol–water partition coefficient (Wildman–Crippen LogP) is 0.783. The van der Waals surface area contributed by atoms with Crippen LogP contribution in [0.15, 0.2) is 24.3 Å². The molecule has 3 heteroatoms. The van der Waals surface area contributed by atoms with Crippen molar-refractivity contribution in [1.29, 1.82) is 0 Å². The van der Waals surface area contributed by atoms with Crippen LogP contribution in [0.1, 0.15) is 12.0 Å². The van der Waals surface area contributed by atoms with Crippen LogP contribution < -0.4 is 11.1 Å². The summed E-state index contributed by atoms with van der Waals surface area (Å²) in [5.74, 6) is 0. The number of anilines is 1. The van der Waals surface area contributed by atoms with Crippen molar-refractivity contribution in [2.75, 3.05) is 25.4 Å². The van der Waals surface area contributed by atoms with Gasteiger partial charge in [0.25, 0.3) is 0 Å². The van der Waals surface area contributed by atoms with Crippen molar-refractivity contribution in [2.45, 2.75) is 12.8 Å². The number of rotatable bonds is 6. The van der Waals surface area contributed by atoms with E-state index in [1.54, 1.807) is 0 Å². The third-order valence-electron chi connectivity index (χ3n) is 2.08. The lowest BCUT2D eigenvalue weighted by atomic mass is 10.1. The normalized spacial score (nSPS) is 10.4. The summed E-state index contributed by atoms with van der Waals surface area (Å²) in [7, 11) is 0. The first kappa shape index (κ1) is 11.0. The predicted molar refractivity (Wildman–Crippen MR) is 59.1 cm³/mol. The third-order valence-corrected chi connectivity index (χ3v) is 2.08. The minimum atomic E-state index is 0.259. The zero-order valence-electron chi connectivity index (χ0n) is 8.37. The molecule has 0 fully saturated rings. The van der Waals surface area contributed by atoms with Crippen LogP contribution in [-0.2, 0) is 6.42 Å². The van der Waals surface area contributed by atoms with Gasteiger partial charge in [0.2, 0.25) is 0 Å². The van der Waals surface area contributed by atoms with Gasteiger partial charge in [-0.25, -0.2) is 0 Å². The molecule has 0 atom stereocenters. The molecule has 0 saturated heterocycles. The Balaban J connectivity index is 2.15. The van der Waals surface area contributed by atoms with Crippen molar-refractivity contribution in [3.8, 4) is 0 Å². The largest absolute Gasteiger partial charge is 0.399 e. The lowest BCUT2D eigenvalue weighted by molar-refractivity contribution is 0.286. The fourth-order valence-electron chi connectivity index (χ4n) is 1.25. The minimum Gasteiger partial charge on any atom is -0.399 e. The molecule has 0 heterocycles. The molecule has 0 amide bonds. The van der Waals surface area contributed by atoms with Crippen LogP contribution in [0.4, 0.5) is 5.69 Å². The molecule has 0 bridgehead atoms. The van der Waals surface area contributed by atoms with Gasteiger partial charge in [0.15, 0.2) is 0 Å². The highest BCUT2D eigenvalue weighted by atomic mass is 16.3. The fraction of sp³-hybridized carbons (Fsp3) is 0.455. The zero-order valence-corrected chi connectivity index (χ0v) is 8.37. The van der Waals surface area contributed by atoms with Gasteiger partial charge in [-0.3, -0.25) is 0 Å². The Labute approximate surface area is 84.9 Å². The van der Waals surface area contributed by atoms with E-state index in [0.717, 1.165) is 31.6 Å². The molecule has 0 unspecified atom stereocenters. The van der Waals surface area contributed by atoms with Crippen LogP contribution >= 0.6 is 0 Å². The third kappa shape index (κ3) is 4.25. The smallest absolute Gasteiger partial charge is 0.0443 e. The summed E-state index contributed by atoms with van der Waals surface area (Å²) in [6.07, 6.45) is 1.83. The number of nitrogen functional groups attached to an aromatic ring is 1. The molecule has 0 radical (unpaired) electrons. The molecule has 3 nitrogen and oxygen atoms in total. The Kier molecular flexibility index (Phi) is 5.04. The van der Waals surface area contributed by atoms with Crippen molar-refractivity contribution in [2.24, 2.45) is 0 Å². The second kappa shape index (κ2) is 6.40. The summed E-state index contributed by atoms with van der Waals surface area (Å²) in [5, 5.41) is 11.8. The van der Waals surface area contributed by atoms with E-state index < -0.39 is 0 Å². The number of aliphatic hydroxyl groups excluding tert-OH is 1. The van der Waals surface area contributed by atoms with Crippen molar-refractivity contribution in [1.82, 2.24) is 5.32 Å². The molecule has 1 aromatic rings. The molecule has 4 N–H and O–H groups in total.